The van der Waals surface area contributed by atoms with Crippen molar-refractivity contribution in [3.8, 4) is 11.5 Å². The SMILES string of the molecule is CCOc1ccccc1OCCCC(=O)Nc1ccc(CC(=O)O)cc1. The van der Waals surface area contributed by atoms with Crippen LogP contribution in [0.3, 0.4) is 0 Å². The van der Waals surface area contributed by atoms with Crippen molar-refractivity contribution in [3.63, 3.8) is 0 Å². The molecule has 2 rings (SSSR count). The van der Waals surface area contributed by atoms with Crippen molar-refractivity contribution in [3.05, 3.63) is 54.1 Å². The van der Waals surface area contributed by atoms with Crippen LogP contribution in [0.25, 0.3) is 0 Å². The largest absolute Gasteiger partial charge is 0.490 e. The van der Waals surface area contributed by atoms with Gasteiger partial charge in [-0.15, -0.1) is 0 Å². The number of hydrogen-bond acceptors (Lipinski definition) is 4. The van der Waals surface area contributed by atoms with E-state index in [9.17, 15) is 9.59 Å². The standard InChI is InChI=1S/C20H23NO5/c1-2-25-17-6-3-4-7-18(17)26-13-5-8-19(22)21-16-11-9-15(10-12-16)14-20(23)24/h3-4,6-7,9-12H,2,5,8,13-14H2,1H3,(H,21,22)(H,23,24). The number of benzene rings is 2. The lowest BCUT2D eigenvalue weighted by Crippen LogP contribution is -2.13. The van der Waals surface area contributed by atoms with E-state index < -0.39 is 5.97 Å². The number of hydrogen-bond donors (Lipinski definition) is 2. The fourth-order valence-electron chi connectivity index (χ4n) is 2.36. The molecule has 0 aliphatic rings. The number of carboxylic acids is 1. The summed E-state index contributed by atoms with van der Waals surface area (Å²) in [6.07, 6.45) is 0.867. The van der Waals surface area contributed by atoms with E-state index in [1.165, 1.54) is 0 Å². The molecule has 26 heavy (non-hydrogen) atoms. The minimum absolute atomic E-state index is 0.0330. The van der Waals surface area contributed by atoms with Crippen molar-refractivity contribution in [1.82, 2.24) is 0 Å². The number of rotatable bonds is 10. The maximum atomic E-state index is 12.0. The highest BCUT2D eigenvalue weighted by Crippen LogP contribution is 2.26. The van der Waals surface area contributed by atoms with Gasteiger partial charge in [-0.05, 0) is 43.2 Å². The summed E-state index contributed by atoms with van der Waals surface area (Å²) in [6.45, 7) is 2.89. The molecule has 6 nitrogen and oxygen atoms in total. The fourth-order valence-corrected chi connectivity index (χ4v) is 2.36. The van der Waals surface area contributed by atoms with Crippen molar-refractivity contribution in [2.24, 2.45) is 0 Å². The van der Waals surface area contributed by atoms with Gasteiger partial charge in [0, 0.05) is 12.1 Å². The second-order valence-electron chi connectivity index (χ2n) is 5.65. The van der Waals surface area contributed by atoms with Crippen LogP contribution in [0, 0.1) is 0 Å². The number of carbonyl (C=O) groups excluding carboxylic acids is 1. The third-order valence-electron chi connectivity index (χ3n) is 3.55. The minimum Gasteiger partial charge on any atom is -0.490 e. The van der Waals surface area contributed by atoms with Gasteiger partial charge < -0.3 is 19.9 Å². The Morgan fingerprint density at radius 1 is 1.00 bits per heavy atom. The van der Waals surface area contributed by atoms with E-state index in [0.29, 0.717) is 48.8 Å². The van der Waals surface area contributed by atoms with Crippen LogP contribution in [-0.2, 0) is 16.0 Å². The summed E-state index contributed by atoms with van der Waals surface area (Å²) in [4.78, 5) is 22.6. The van der Waals surface area contributed by atoms with Crippen LogP contribution in [0.15, 0.2) is 48.5 Å². The van der Waals surface area contributed by atoms with Crippen molar-refractivity contribution in [2.75, 3.05) is 18.5 Å². The van der Waals surface area contributed by atoms with Crippen LogP contribution in [0.5, 0.6) is 11.5 Å². The summed E-state index contributed by atoms with van der Waals surface area (Å²) in [5.74, 6) is 0.370. The molecule has 0 heterocycles. The molecule has 0 aliphatic heterocycles. The van der Waals surface area contributed by atoms with Crippen LogP contribution >= 0.6 is 0 Å². The predicted molar refractivity (Wildman–Crippen MR) is 98.8 cm³/mol. The highest BCUT2D eigenvalue weighted by Gasteiger charge is 2.06. The molecule has 0 fully saturated rings. The van der Waals surface area contributed by atoms with E-state index in [0.717, 1.165) is 0 Å². The zero-order valence-corrected chi connectivity index (χ0v) is 14.7. The van der Waals surface area contributed by atoms with Crippen molar-refractivity contribution in [2.45, 2.75) is 26.2 Å². The van der Waals surface area contributed by atoms with Crippen LogP contribution in [0.1, 0.15) is 25.3 Å². The molecule has 0 bridgehead atoms. The topological polar surface area (TPSA) is 84.9 Å². The molecule has 0 aromatic heterocycles. The Morgan fingerprint density at radius 2 is 1.65 bits per heavy atom. The molecular formula is C20H23NO5. The molecule has 0 unspecified atom stereocenters. The van der Waals surface area contributed by atoms with E-state index >= 15 is 0 Å². The van der Waals surface area contributed by atoms with Crippen LogP contribution < -0.4 is 14.8 Å². The van der Waals surface area contributed by atoms with E-state index in [-0.39, 0.29) is 12.3 Å². The molecule has 2 aromatic carbocycles. The first kappa shape index (κ1) is 19.3. The van der Waals surface area contributed by atoms with Gasteiger partial charge in [-0.2, -0.15) is 0 Å². The summed E-state index contributed by atoms with van der Waals surface area (Å²) < 4.78 is 11.2. The van der Waals surface area contributed by atoms with Gasteiger partial charge in [0.05, 0.1) is 19.6 Å². The lowest BCUT2D eigenvalue weighted by molar-refractivity contribution is -0.136. The maximum absolute atomic E-state index is 12.0. The van der Waals surface area contributed by atoms with E-state index in [1.54, 1.807) is 24.3 Å². The third kappa shape index (κ3) is 6.47. The zero-order valence-electron chi connectivity index (χ0n) is 14.7. The van der Waals surface area contributed by atoms with Gasteiger partial charge in [-0.25, -0.2) is 0 Å². The van der Waals surface area contributed by atoms with Gasteiger partial charge in [0.25, 0.3) is 0 Å². The lowest BCUT2D eigenvalue weighted by atomic mass is 10.1. The Kier molecular flexibility index (Phi) is 7.49. The summed E-state index contributed by atoms with van der Waals surface area (Å²) in [6, 6.07) is 14.2. The average Bonchev–Trinajstić information content (AvgIpc) is 2.61. The number of carboxylic acid groups (broad SMARTS) is 1. The van der Waals surface area contributed by atoms with Crippen LogP contribution in [-0.4, -0.2) is 30.2 Å². The molecule has 2 aromatic rings. The van der Waals surface area contributed by atoms with Crippen molar-refractivity contribution < 1.29 is 24.2 Å². The summed E-state index contributed by atoms with van der Waals surface area (Å²) in [5.41, 5.74) is 1.34. The first-order valence-electron chi connectivity index (χ1n) is 8.53. The van der Waals surface area contributed by atoms with Gasteiger partial charge in [-0.3, -0.25) is 9.59 Å². The number of nitrogens with one attached hydrogen (secondary N) is 1. The first-order valence-corrected chi connectivity index (χ1v) is 8.53. The molecule has 0 saturated carbocycles. The second-order valence-corrected chi connectivity index (χ2v) is 5.65. The Hall–Kier alpha value is -3.02. The molecule has 0 aliphatic carbocycles. The lowest BCUT2D eigenvalue weighted by Gasteiger charge is -2.11. The maximum Gasteiger partial charge on any atom is 0.307 e. The quantitative estimate of drug-likeness (QED) is 0.636. The van der Waals surface area contributed by atoms with E-state index in [4.69, 9.17) is 14.6 Å². The first-order chi connectivity index (χ1) is 12.6. The highest BCUT2D eigenvalue weighted by atomic mass is 16.5. The predicted octanol–water partition coefficient (Wildman–Crippen LogP) is 3.51. The molecule has 138 valence electrons. The normalized spacial score (nSPS) is 10.2. The summed E-state index contributed by atoms with van der Waals surface area (Å²) in [5, 5.41) is 11.5. The van der Waals surface area contributed by atoms with Gasteiger partial charge in [0.1, 0.15) is 0 Å². The molecular weight excluding hydrogens is 334 g/mol. The van der Waals surface area contributed by atoms with E-state index in [1.807, 2.05) is 31.2 Å². The Morgan fingerprint density at radius 3 is 2.27 bits per heavy atom. The highest BCUT2D eigenvalue weighted by molar-refractivity contribution is 5.90. The van der Waals surface area contributed by atoms with Crippen molar-refractivity contribution >= 4 is 17.6 Å². The Labute approximate surface area is 152 Å². The molecule has 2 N–H and O–H groups in total. The number of amides is 1. The minimum atomic E-state index is -0.882. The summed E-state index contributed by atoms with van der Waals surface area (Å²) in [7, 11) is 0. The number of ether oxygens (including phenoxy) is 2. The zero-order chi connectivity index (χ0) is 18.8. The van der Waals surface area contributed by atoms with Crippen LogP contribution in [0.2, 0.25) is 0 Å². The number of anilines is 1. The van der Waals surface area contributed by atoms with Gasteiger partial charge in [0.2, 0.25) is 5.91 Å². The van der Waals surface area contributed by atoms with Crippen LogP contribution in [0.4, 0.5) is 5.69 Å². The van der Waals surface area contributed by atoms with Gasteiger partial charge in [-0.1, -0.05) is 24.3 Å². The number of carbonyl (C=O) groups is 2. The second kappa shape index (κ2) is 10.1. The molecule has 0 radical (unpaired) electrons. The Balaban J connectivity index is 1.73. The fraction of sp³-hybridized carbons (Fsp3) is 0.300. The smallest absolute Gasteiger partial charge is 0.307 e. The summed E-state index contributed by atoms with van der Waals surface area (Å²) >= 11 is 0. The number of para-hydroxylation sites is 2. The molecule has 0 atom stereocenters. The van der Waals surface area contributed by atoms with Gasteiger partial charge in [0.15, 0.2) is 11.5 Å². The van der Waals surface area contributed by atoms with Crippen molar-refractivity contribution in [1.29, 1.82) is 0 Å². The number of aliphatic carboxylic acids is 1. The molecule has 0 spiro atoms. The Bertz CT molecular complexity index is 727. The van der Waals surface area contributed by atoms with E-state index in [2.05, 4.69) is 5.32 Å². The average molecular weight is 357 g/mol. The third-order valence-corrected chi connectivity index (χ3v) is 3.55. The molecule has 1 amide bonds. The van der Waals surface area contributed by atoms with Gasteiger partial charge >= 0.3 is 5.97 Å². The molecule has 0 saturated heterocycles. The monoisotopic (exact) mass is 357 g/mol. The molecule has 6 heteroatoms.